The predicted octanol–water partition coefficient (Wildman–Crippen LogP) is 4.73. The fraction of sp³-hybridized carbons (Fsp3) is 0.190. The number of halogens is 1. The molecule has 0 aliphatic carbocycles. The minimum absolute atomic E-state index is 0.257. The smallest absolute Gasteiger partial charge is 0.336 e. The van der Waals surface area contributed by atoms with Crippen LogP contribution in [0.5, 0.6) is 0 Å². The summed E-state index contributed by atoms with van der Waals surface area (Å²) in [5, 5.41) is 10.9. The van der Waals surface area contributed by atoms with Gasteiger partial charge in [0.05, 0.1) is 10.6 Å². The number of likely N-dealkylation sites (tertiary alicyclic amines) is 1. The van der Waals surface area contributed by atoms with Crippen LogP contribution in [0.4, 0.5) is 0 Å². The van der Waals surface area contributed by atoms with E-state index in [1.807, 2.05) is 6.20 Å². The van der Waals surface area contributed by atoms with Crippen LogP contribution in [0.3, 0.4) is 0 Å². The zero-order valence-electron chi connectivity index (χ0n) is 14.4. The molecule has 1 aromatic heterocycles. The normalized spacial score (nSPS) is 14.5. The molecule has 2 N–H and O–H groups in total. The maximum atomic E-state index is 11.2. The highest BCUT2D eigenvalue weighted by atomic mass is 35.5. The quantitative estimate of drug-likeness (QED) is 0.702. The van der Waals surface area contributed by atoms with Crippen LogP contribution in [0.2, 0.25) is 5.02 Å². The summed E-state index contributed by atoms with van der Waals surface area (Å²) in [4.78, 5) is 16.8. The average Bonchev–Trinajstić information content (AvgIpc) is 3.04. The molecule has 1 aliphatic heterocycles. The Labute approximate surface area is 156 Å². The minimum atomic E-state index is -0.947. The van der Waals surface area contributed by atoms with Crippen LogP contribution in [0.25, 0.3) is 17.0 Å². The van der Waals surface area contributed by atoms with Crippen LogP contribution in [-0.4, -0.2) is 34.0 Å². The molecule has 0 saturated carbocycles. The highest BCUT2D eigenvalue weighted by Crippen LogP contribution is 2.28. The van der Waals surface area contributed by atoms with E-state index < -0.39 is 5.97 Å². The first-order valence-electron chi connectivity index (χ1n) is 8.51. The first kappa shape index (κ1) is 16.9. The summed E-state index contributed by atoms with van der Waals surface area (Å²) in [7, 11) is 0. The number of H-pyrrole nitrogens is 1. The lowest BCUT2D eigenvalue weighted by atomic mass is 9.99. The number of nitrogens with one attached hydrogen (secondary N) is 1. The van der Waals surface area contributed by atoms with Gasteiger partial charge in [-0.3, -0.25) is 4.90 Å². The molecule has 0 radical (unpaired) electrons. The number of hydrogen-bond acceptors (Lipinski definition) is 2. The van der Waals surface area contributed by atoms with E-state index in [0.29, 0.717) is 10.6 Å². The summed E-state index contributed by atoms with van der Waals surface area (Å²) in [5.41, 5.74) is 5.52. The number of nitrogens with zero attached hydrogens (tertiary/aromatic N) is 1. The Kier molecular flexibility index (Phi) is 4.31. The Morgan fingerprint density at radius 1 is 1.27 bits per heavy atom. The molecule has 5 heteroatoms. The molecule has 0 unspecified atom stereocenters. The van der Waals surface area contributed by atoms with Gasteiger partial charge in [-0.2, -0.15) is 0 Å². The first-order valence-corrected chi connectivity index (χ1v) is 8.89. The monoisotopic (exact) mass is 366 g/mol. The van der Waals surface area contributed by atoms with Gasteiger partial charge < -0.3 is 10.1 Å². The lowest BCUT2D eigenvalue weighted by molar-refractivity contribution is 0.0696. The molecule has 0 spiro atoms. The van der Waals surface area contributed by atoms with E-state index in [0.717, 1.165) is 25.2 Å². The Hall–Kier alpha value is -2.56. The van der Waals surface area contributed by atoms with Crippen molar-refractivity contribution in [1.29, 1.82) is 0 Å². The van der Waals surface area contributed by atoms with Gasteiger partial charge in [-0.05, 0) is 52.8 Å². The van der Waals surface area contributed by atoms with Gasteiger partial charge in [0.15, 0.2) is 0 Å². The van der Waals surface area contributed by atoms with E-state index in [1.165, 1.54) is 22.0 Å². The van der Waals surface area contributed by atoms with E-state index in [-0.39, 0.29) is 5.56 Å². The van der Waals surface area contributed by atoms with Crippen LogP contribution in [-0.2, 0) is 6.54 Å². The number of carboxylic acid groups (broad SMARTS) is 1. The van der Waals surface area contributed by atoms with E-state index in [4.69, 9.17) is 16.7 Å². The molecule has 0 amide bonds. The molecule has 0 atom stereocenters. The zero-order chi connectivity index (χ0) is 18.3. The molecule has 26 heavy (non-hydrogen) atoms. The summed E-state index contributed by atoms with van der Waals surface area (Å²) in [5.74, 6) is -0.947. The van der Waals surface area contributed by atoms with Gasteiger partial charge in [-0.25, -0.2) is 4.79 Å². The number of aromatic carboxylic acids is 1. The summed E-state index contributed by atoms with van der Waals surface area (Å²) in [6.45, 7) is 4.46. The molecular formula is C21H19ClN2O2. The fourth-order valence-electron chi connectivity index (χ4n) is 3.45. The molecule has 0 bridgehead atoms. The molecular weight excluding hydrogens is 348 g/mol. The molecule has 2 aromatic carbocycles. The van der Waals surface area contributed by atoms with Crippen LogP contribution in [0, 0.1) is 6.92 Å². The Balaban J connectivity index is 1.44. The predicted molar refractivity (Wildman–Crippen MR) is 105 cm³/mol. The maximum absolute atomic E-state index is 11.2. The van der Waals surface area contributed by atoms with E-state index in [1.54, 1.807) is 19.1 Å². The van der Waals surface area contributed by atoms with Crippen molar-refractivity contribution in [2.24, 2.45) is 0 Å². The lowest BCUT2D eigenvalue weighted by Crippen LogP contribution is -2.39. The third-order valence-corrected chi connectivity index (χ3v) is 5.39. The summed E-state index contributed by atoms with van der Waals surface area (Å²) >= 11 is 6.35. The van der Waals surface area contributed by atoms with Crippen molar-refractivity contribution in [3.05, 3.63) is 75.4 Å². The molecule has 2 heterocycles. The molecule has 1 fully saturated rings. The van der Waals surface area contributed by atoms with Gasteiger partial charge in [-0.1, -0.05) is 35.9 Å². The number of fused-ring (bicyclic) bond motifs is 1. The van der Waals surface area contributed by atoms with Crippen molar-refractivity contribution in [3.8, 4) is 0 Å². The van der Waals surface area contributed by atoms with Gasteiger partial charge in [0, 0.05) is 31.3 Å². The van der Waals surface area contributed by atoms with E-state index in [9.17, 15) is 4.79 Å². The summed E-state index contributed by atoms with van der Waals surface area (Å²) in [6.07, 6.45) is 4.03. The number of aromatic amines is 1. The molecule has 1 saturated heterocycles. The number of aromatic nitrogens is 1. The van der Waals surface area contributed by atoms with Crippen molar-refractivity contribution in [2.75, 3.05) is 13.1 Å². The van der Waals surface area contributed by atoms with Crippen molar-refractivity contribution in [1.82, 2.24) is 9.88 Å². The maximum Gasteiger partial charge on any atom is 0.336 e. The van der Waals surface area contributed by atoms with Crippen LogP contribution in [0.1, 0.15) is 27.0 Å². The van der Waals surface area contributed by atoms with Crippen LogP contribution >= 0.6 is 11.6 Å². The number of carbonyl (C=O) groups is 1. The zero-order valence-corrected chi connectivity index (χ0v) is 15.2. The van der Waals surface area contributed by atoms with Gasteiger partial charge in [0.2, 0.25) is 0 Å². The van der Waals surface area contributed by atoms with Crippen LogP contribution in [0.15, 0.2) is 48.2 Å². The van der Waals surface area contributed by atoms with Gasteiger partial charge in [0.25, 0.3) is 0 Å². The van der Waals surface area contributed by atoms with Crippen molar-refractivity contribution >= 4 is 34.5 Å². The third kappa shape index (κ3) is 3.14. The molecule has 1 aliphatic rings. The highest BCUT2D eigenvalue weighted by molar-refractivity contribution is 6.33. The second-order valence-corrected chi connectivity index (χ2v) is 7.17. The molecule has 4 nitrogen and oxygen atoms in total. The van der Waals surface area contributed by atoms with E-state index >= 15 is 0 Å². The summed E-state index contributed by atoms with van der Waals surface area (Å²) in [6, 6.07) is 12.0. The molecule has 4 rings (SSSR count). The largest absolute Gasteiger partial charge is 0.478 e. The highest BCUT2D eigenvalue weighted by Gasteiger charge is 2.21. The topological polar surface area (TPSA) is 56.3 Å². The number of carboxylic acids is 1. The Morgan fingerprint density at radius 2 is 2.08 bits per heavy atom. The van der Waals surface area contributed by atoms with Gasteiger partial charge >= 0.3 is 5.97 Å². The van der Waals surface area contributed by atoms with Gasteiger partial charge in [-0.15, -0.1) is 0 Å². The van der Waals surface area contributed by atoms with E-state index in [2.05, 4.69) is 40.2 Å². The standard InChI is InChI=1S/C21H19ClN2O2/c1-13-18(21(25)26)5-4-17(20(13)22)8-15-11-24(12-15)10-14-2-3-16-6-7-23-19(16)9-14/h2-9,23H,10-12H2,1H3,(H,25,26). The van der Waals surface area contributed by atoms with Crippen molar-refractivity contribution < 1.29 is 9.90 Å². The fourth-order valence-corrected chi connectivity index (χ4v) is 3.67. The van der Waals surface area contributed by atoms with Crippen molar-refractivity contribution in [3.63, 3.8) is 0 Å². The lowest BCUT2D eigenvalue weighted by Gasteiger charge is -2.34. The van der Waals surface area contributed by atoms with Gasteiger partial charge in [0.1, 0.15) is 0 Å². The minimum Gasteiger partial charge on any atom is -0.478 e. The molecule has 132 valence electrons. The summed E-state index contributed by atoms with van der Waals surface area (Å²) < 4.78 is 0. The number of rotatable bonds is 4. The Bertz CT molecular complexity index is 1030. The first-order chi connectivity index (χ1) is 12.5. The second kappa shape index (κ2) is 6.63. The SMILES string of the molecule is Cc1c(C(=O)O)ccc(C=C2CN(Cc3ccc4cc[nH]c4c3)C2)c1Cl. The van der Waals surface area contributed by atoms with Crippen molar-refractivity contribution in [2.45, 2.75) is 13.5 Å². The second-order valence-electron chi connectivity index (χ2n) is 6.79. The third-order valence-electron chi connectivity index (χ3n) is 4.89. The molecule has 3 aromatic rings. The van der Waals surface area contributed by atoms with Crippen LogP contribution < -0.4 is 0 Å². The number of benzene rings is 2. The Morgan fingerprint density at radius 3 is 2.85 bits per heavy atom. The number of hydrogen-bond donors (Lipinski definition) is 2. The average molecular weight is 367 g/mol.